The SMILES string of the molecule is CCn1c(SCc2ccc(Br)cc2)nnc1-c1ccc(C(C)(C)C)cc1. The molecule has 1 aromatic heterocycles. The molecule has 136 valence electrons. The van der Waals surface area contributed by atoms with Crippen LogP contribution in [0, 0.1) is 0 Å². The molecule has 3 aromatic rings. The van der Waals surface area contributed by atoms with Gasteiger partial charge in [-0.1, -0.05) is 84.9 Å². The first-order valence-corrected chi connectivity index (χ1v) is 10.6. The Balaban J connectivity index is 1.80. The van der Waals surface area contributed by atoms with Gasteiger partial charge < -0.3 is 4.57 Å². The summed E-state index contributed by atoms with van der Waals surface area (Å²) < 4.78 is 3.29. The smallest absolute Gasteiger partial charge is 0.191 e. The summed E-state index contributed by atoms with van der Waals surface area (Å²) >= 11 is 5.20. The summed E-state index contributed by atoms with van der Waals surface area (Å²) in [6.45, 7) is 9.68. The third-order valence-electron chi connectivity index (χ3n) is 4.32. The Hall–Kier alpha value is -1.59. The van der Waals surface area contributed by atoms with Gasteiger partial charge in [0.2, 0.25) is 0 Å². The van der Waals surface area contributed by atoms with Crippen LogP contribution in [0.5, 0.6) is 0 Å². The summed E-state index contributed by atoms with van der Waals surface area (Å²) in [4.78, 5) is 0. The number of hydrogen-bond acceptors (Lipinski definition) is 3. The van der Waals surface area contributed by atoms with Gasteiger partial charge in [-0.15, -0.1) is 10.2 Å². The summed E-state index contributed by atoms with van der Waals surface area (Å²) in [6, 6.07) is 17.1. The number of thioether (sulfide) groups is 1. The maximum Gasteiger partial charge on any atom is 0.191 e. The van der Waals surface area contributed by atoms with Crippen molar-refractivity contribution >= 4 is 27.7 Å². The maximum atomic E-state index is 4.46. The monoisotopic (exact) mass is 429 g/mol. The Morgan fingerprint density at radius 3 is 2.19 bits per heavy atom. The summed E-state index contributed by atoms with van der Waals surface area (Å²) in [5.41, 5.74) is 3.87. The van der Waals surface area contributed by atoms with Crippen molar-refractivity contribution in [3.63, 3.8) is 0 Å². The van der Waals surface area contributed by atoms with E-state index in [1.54, 1.807) is 11.8 Å². The molecule has 0 spiro atoms. The Morgan fingerprint density at radius 2 is 1.62 bits per heavy atom. The molecule has 5 heteroatoms. The second-order valence-electron chi connectivity index (χ2n) is 7.29. The van der Waals surface area contributed by atoms with Crippen LogP contribution in [-0.2, 0) is 17.7 Å². The Bertz CT molecular complexity index is 862. The van der Waals surface area contributed by atoms with E-state index in [1.807, 2.05) is 0 Å². The maximum absolute atomic E-state index is 4.46. The van der Waals surface area contributed by atoms with E-state index in [-0.39, 0.29) is 5.41 Å². The van der Waals surface area contributed by atoms with Crippen molar-refractivity contribution in [2.45, 2.75) is 50.6 Å². The predicted octanol–water partition coefficient (Wildman–Crippen LogP) is 6.32. The fraction of sp³-hybridized carbons (Fsp3) is 0.333. The molecule has 0 aliphatic heterocycles. The van der Waals surface area contributed by atoms with Gasteiger partial charge in [-0.25, -0.2) is 0 Å². The van der Waals surface area contributed by atoms with Crippen molar-refractivity contribution in [1.82, 2.24) is 14.8 Å². The molecule has 0 saturated carbocycles. The molecule has 0 N–H and O–H groups in total. The molecule has 0 fully saturated rings. The average molecular weight is 430 g/mol. The molecule has 0 radical (unpaired) electrons. The van der Waals surface area contributed by atoms with Gasteiger partial charge in [0.05, 0.1) is 0 Å². The first kappa shape index (κ1) is 19.2. The van der Waals surface area contributed by atoms with Gasteiger partial charge >= 0.3 is 0 Å². The molecular formula is C21H24BrN3S. The minimum atomic E-state index is 0.155. The van der Waals surface area contributed by atoms with E-state index >= 15 is 0 Å². The summed E-state index contributed by atoms with van der Waals surface area (Å²) in [5.74, 6) is 1.82. The van der Waals surface area contributed by atoms with Crippen LogP contribution < -0.4 is 0 Å². The highest BCUT2D eigenvalue weighted by molar-refractivity contribution is 9.10. The van der Waals surface area contributed by atoms with Gasteiger partial charge in [-0.05, 0) is 35.6 Å². The molecule has 1 heterocycles. The van der Waals surface area contributed by atoms with Crippen LogP contribution in [0.25, 0.3) is 11.4 Å². The lowest BCUT2D eigenvalue weighted by Gasteiger charge is -2.19. The van der Waals surface area contributed by atoms with Crippen LogP contribution in [0.1, 0.15) is 38.8 Å². The molecule has 2 aromatic carbocycles. The summed E-state index contributed by atoms with van der Waals surface area (Å²) in [5, 5.41) is 9.86. The van der Waals surface area contributed by atoms with Crippen LogP contribution in [0.15, 0.2) is 58.2 Å². The fourth-order valence-electron chi connectivity index (χ4n) is 2.74. The standard InChI is InChI=1S/C21H24BrN3S/c1-5-25-19(16-8-10-17(11-9-16)21(2,3)4)23-24-20(25)26-14-15-6-12-18(22)13-7-15/h6-13H,5,14H2,1-4H3. The number of halogens is 1. The van der Waals surface area contributed by atoms with E-state index in [0.29, 0.717) is 0 Å². The van der Waals surface area contributed by atoms with Crippen molar-refractivity contribution in [3.05, 3.63) is 64.1 Å². The molecule has 3 nitrogen and oxygen atoms in total. The zero-order valence-corrected chi connectivity index (χ0v) is 18.1. The van der Waals surface area contributed by atoms with E-state index < -0.39 is 0 Å². The minimum absolute atomic E-state index is 0.155. The number of benzene rings is 2. The topological polar surface area (TPSA) is 30.7 Å². The van der Waals surface area contributed by atoms with Gasteiger partial charge in [-0.2, -0.15) is 0 Å². The molecule has 3 rings (SSSR count). The lowest BCUT2D eigenvalue weighted by molar-refractivity contribution is 0.590. The lowest BCUT2D eigenvalue weighted by Crippen LogP contribution is -2.10. The summed E-state index contributed by atoms with van der Waals surface area (Å²) in [6.07, 6.45) is 0. The quantitative estimate of drug-likeness (QED) is 0.444. The third-order valence-corrected chi connectivity index (χ3v) is 5.89. The van der Waals surface area contributed by atoms with Crippen molar-refractivity contribution < 1.29 is 0 Å². The number of nitrogens with zero attached hydrogens (tertiary/aromatic N) is 3. The molecule has 0 bridgehead atoms. The molecule has 0 amide bonds. The highest BCUT2D eigenvalue weighted by atomic mass is 79.9. The largest absolute Gasteiger partial charge is 0.302 e. The first-order valence-electron chi connectivity index (χ1n) is 8.80. The molecular weight excluding hydrogens is 406 g/mol. The van der Waals surface area contributed by atoms with Crippen LogP contribution >= 0.6 is 27.7 Å². The van der Waals surface area contributed by atoms with Crippen LogP contribution in [-0.4, -0.2) is 14.8 Å². The second-order valence-corrected chi connectivity index (χ2v) is 9.15. The predicted molar refractivity (Wildman–Crippen MR) is 114 cm³/mol. The third kappa shape index (κ3) is 4.38. The van der Waals surface area contributed by atoms with E-state index in [9.17, 15) is 0 Å². The van der Waals surface area contributed by atoms with Gasteiger partial charge in [0.25, 0.3) is 0 Å². The van der Waals surface area contributed by atoms with Crippen molar-refractivity contribution in [2.24, 2.45) is 0 Å². The first-order chi connectivity index (χ1) is 12.4. The normalized spacial score (nSPS) is 11.7. The summed E-state index contributed by atoms with van der Waals surface area (Å²) in [7, 11) is 0. The number of aromatic nitrogens is 3. The number of hydrogen-bond donors (Lipinski definition) is 0. The molecule has 0 unspecified atom stereocenters. The van der Waals surface area contributed by atoms with Crippen LogP contribution in [0.3, 0.4) is 0 Å². The van der Waals surface area contributed by atoms with E-state index in [1.165, 1.54) is 11.1 Å². The molecule has 0 aliphatic carbocycles. The van der Waals surface area contributed by atoms with Gasteiger partial charge in [0, 0.05) is 22.3 Å². The molecule has 26 heavy (non-hydrogen) atoms. The Labute approximate surface area is 168 Å². The van der Waals surface area contributed by atoms with E-state index in [4.69, 9.17) is 0 Å². The van der Waals surface area contributed by atoms with E-state index in [0.717, 1.165) is 33.3 Å². The van der Waals surface area contributed by atoms with Crippen molar-refractivity contribution in [1.29, 1.82) is 0 Å². The van der Waals surface area contributed by atoms with E-state index in [2.05, 4.69) is 107 Å². The molecule has 0 atom stereocenters. The van der Waals surface area contributed by atoms with Crippen molar-refractivity contribution in [3.8, 4) is 11.4 Å². The average Bonchev–Trinajstić information content (AvgIpc) is 3.03. The zero-order chi connectivity index (χ0) is 18.7. The van der Waals surface area contributed by atoms with Gasteiger partial charge in [0.15, 0.2) is 11.0 Å². The molecule has 0 aliphatic rings. The van der Waals surface area contributed by atoms with Crippen LogP contribution in [0.4, 0.5) is 0 Å². The Morgan fingerprint density at radius 1 is 0.962 bits per heavy atom. The lowest BCUT2D eigenvalue weighted by atomic mass is 9.87. The Kier molecular flexibility index (Phi) is 5.88. The molecule has 0 saturated heterocycles. The fourth-order valence-corrected chi connectivity index (χ4v) is 3.96. The highest BCUT2D eigenvalue weighted by Gasteiger charge is 2.16. The highest BCUT2D eigenvalue weighted by Crippen LogP contribution is 2.29. The zero-order valence-electron chi connectivity index (χ0n) is 15.7. The van der Waals surface area contributed by atoms with Crippen molar-refractivity contribution in [2.75, 3.05) is 0 Å². The van der Waals surface area contributed by atoms with Crippen LogP contribution in [0.2, 0.25) is 0 Å². The second kappa shape index (κ2) is 7.97. The number of rotatable bonds is 5. The van der Waals surface area contributed by atoms with Gasteiger partial charge in [-0.3, -0.25) is 0 Å². The van der Waals surface area contributed by atoms with Gasteiger partial charge in [0.1, 0.15) is 0 Å². The minimum Gasteiger partial charge on any atom is -0.302 e.